The summed E-state index contributed by atoms with van der Waals surface area (Å²) in [5.74, 6) is 1.61. The quantitative estimate of drug-likeness (QED) is 0.746. The molecule has 0 bridgehead atoms. The van der Waals surface area contributed by atoms with Gasteiger partial charge in [0.25, 0.3) is 5.78 Å². The van der Waals surface area contributed by atoms with E-state index in [1.165, 1.54) is 6.33 Å². The van der Waals surface area contributed by atoms with Crippen LogP contribution in [0.15, 0.2) is 30.6 Å². The van der Waals surface area contributed by atoms with Gasteiger partial charge in [0.15, 0.2) is 0 Å². The van der Waals surface area contributed by atoms with Crippen LogP contribution in [0.5, 0.6) is 0 Å². The lowest BCUT2D eigenvalue weighted by Gasteiger charge is -2.19. The number of aromatic nitrogens is 4. The minimum absolute atomic E-state index is 0.617. The third-order valence-corrected chi connectivity index (χ3v) is 3.63. The second-order valence-corrected chi connectivity index (χ2v) is 5.61. The van der Waals surface area contributed by atoms with Crippen LogP contribution in [0.2, 0.25) is 5.02 Å². The van der Waals surface area contributed by atoms with Crippen LogP contribution in [0, 0.1) is 6.92 Å². The van der Waals surface area contributed by atoms with Crippen molar-refractivity contribution in [1.29, 1.82) is 0 Å². The number of rotatable bonds is 3. The topological polar surface area (TPSA) is 46.3 Å². The molecule has 3 aromatic rings. The highest BCUT2D eigenvalue weighted by atomic mass is 35.5. The average Bonchev–Trinajstić information content (AvgIpc) is 2.86. The molecule has 0 atom stereocenters. The van der Waals surface area contributed by atoms with Crippen LogP contribution in [0.4, 0.5) is 5.82 Å². The molecule has 0 aliphatic rings. The Kier molecular flexibility index (Phi) is 3.51. The summed E-state index contributed by atoms with van der Waals surface area (Å²) in [6.45, 7) is 2.00. The summed E-state index contributed by atoms with van der Waals surface area (Å²) in [5, 5.41) is 5.02. The molecule has 0 amide bonds. The number of halogens is 1. The van der Waals surface area contributed by atoms with E-state index in [0.717, 1.165) is 34.1 Å². The van der Waals surface area contributed by atoms with Gasteiger partial charge in [-0.05, 0) is 24.6 Å². The lowest BCUT2D eigenvalue weighted by atomic mass is 10.0. The van der Waals surface area contributed by atoms with Crippen molar-refractivity contribution >= 4 is 23.2 Å². The average molecular weight is 302 g/mol. The van der Waals surface area contributed by atoms with E-state index in [2.05, 4.69) is 21.1 Å². The number of hydrogen-bond acceptors (Lipinski definition) is 4. The molecule has 1 aromatic carbocycles. The van der Waals surface area contributed by atoms with E-state index in [1.807, 2.05) is 44.1 Å². The number of anilines is 1. The highest BCUT2D eigenvalue weighted by Crippen LogP contribution is 2.25. The standard InChI is InChI=1S/C15H16ClN5/c1-10-13(8-11-5-4-6-12(16)7-11)14(20(2)3)21-15(19-10)17-9-18-21/h4-7,9H,8H2,1-3H3. The zero-order valence-electron chi connectivity index (χ0n) is 12.2. The van der Waals surface area contributed by atoms with Gasteiger partial charge in [-0.15, -0.1) is 0 Å². The van der Waals surface area contributed by atoms with Gasteiger partial charge in [-0.1, -0.05) is 23.7 Å². The van der Waals surface area contributed by atoms with Crippen molar-refractivity contribution < 1.29 is 0 Å². The maximum absolute atomic E-state index is 6.08. The lowest BCUT2D eigenvalue weighted by Crippen LogP contribution is -2.18. The largest absolute Gasteiger partial charge is 0.362 e. The summed E-state index contributed by atoms with van der Waals surface area (Å²) in [6.07, 6.45) is 2.28. The Morgan fingerprint density at radius 3 is 2.81 bits per heavy atom. The van der Waals surface area contributed by atoms with Gasteiger partial charge in [0.05, 0.1) is 0 Å². The van der Waals surface area contributed by atoms with E-state index in [9.17, 15) is 0 Å². The van der Waals surface area contributed by atoms with Gasteiger partial charge < -0.3 is 4.90 Å². The number of hydrogen-bond donors (Lipinski definition) is 0. The van der Waals surface area contributed by atoms with Crippen LogP contribution in [0.25, 0.3) is 5.78 Å². The van der Waals surface area contributed by atoms with Crippen molar-refractivity contribution in [2.24, 2.45) is 0 Å². The molecule has 0 fully saturated rings. The monoisotopic (exact) mass is 301 g/mol. The summed E-state index contributed by atoms with van der Waals surface area (Å²) in [6, 6.07) is 7.88. The Morgan fingerprint density at radius 1 is 1.29 bits per heavy atom. The van der Waals surface area contributed by atoms with Crippen LogP contribution in [-0.2, 0) is 6.42 Å². The molecule has 2 heterocycles. The zero-order valence-corrected chi connectivity index (χ0v) is 13.0. The fraction of sp³-hybridized carbons (Fsp3) is 0.267. The van der Waals surface area contributed by atoms with Gasteiger partial charge in [-0.3, -0.25) is 0 Å². The predicted molar refractivity (Wildman–Crippen MR) is 84.1 cm³/mol. The van der Waals surface area contributed by atoms with Gasteiger partial charge in [0, 0.05) is 36.8 Å². The summed E-state index contributed by atoms with van der Waals surface area (Å²) < 4.78 is 1.77. The van der Waals surface area contributed by atoms with Crippen molar-refractivity contribution in [3.05, 3.63) is 52.4 Å². The Balaban J connectivity index is 2.16. The van der Waals surface area contributed by atoms with Crippen molar-refractivity contribution in [2.45, 2.75) is 13.3 Å². The van der Waals surface area contributed by atoms with Gasteiger partial charge in [-0.25, -0.2) is 4.98 Å². The van der Waals surface area contributed by atoms with Crippen molar-refractivity contribution in [3.8, 4) is 0 Å². The highest BCUT2D eigenvalue weighted by Gasteiger charge is 2.16. The Hall–Kier alpha value is -2.14. The lowest BCUT2D eigenvalue weighted by molar-refractivity contribution is 0.863. The fourth-order valence-electron chi connectivity index (χ4n) is 2.49. The molecule has 0 saturated heterocycles. The molecule has 108 valence electrons. The summed E-state index contributed by atoms with van der Waals surface area (Å²) in [7, 11) is 3.99. The Bertz CT molecular complexity index is 794. The Labute approximate surface area is 128 Å². The predicted octanol–water partition coefficient (Wildman–Crippen LogP) is 2.74. The fourth-order valence-corrected chi connectivity index (χ4v) is 2.70. The molecule has 0 unspecified atom stereocenters. The number of benzene rings is 1. The smallest absolute Gasteiger partial charge is 0.254 e. The van der Waals surface area contributed by atoms with Crippen molar-refractivity contribution in [3.63, 3.8) is 0 Å². The first-order chi connectivity index (χ1) is 10.1. The third-order valence-electron chi connectivity index (χ3n) is 3.40. The van der Waals surface area contributed by atoms with E-state index < -0.39 is 0 Å². The number of nitrogens with zero attached hydrogens (tertiary/aromatic N) is 5. The van der Waals surface area contributed by atoms with Crippen molar-refractivity contribution in [2.75, 3.05) is 19.0 Å². The van der Waals surface area contributed by atoms with Crippen LogP contribution in [0.1, 0.15) is 16.8 Å². The van der Waals surface area contributed by atoms with E-state index in [4.69, 9.17) is 11.6 Å². The molecule has 0 saturated carbocycles. The van der Waals surface area contributed by atoms with Crippen molar-refractivity contribution in [1.82, 2.24) is 19.6 Å². The maximum Gasteiger partial charge on any atom is 0.254 e. The molecule has 0 radical (unpaired) electrons. The SMILES string of the molecule is Cc1nc2ncnn2c(N(C)C)c1Cc1cccc(Cl)c1. The van der Waals surface area contributed by atoms with Crippen LogP contribution in [0.3, 0.4) is 0 Å². The first-order valence-corrected chi connectivity index (χ1v) is 7.05. The van der Waals surface area contributed by atoms with Crippen LogP contribution < -0.4 is 4.90 Å². The molecule has 21 heavy (non-hydrogen) atoms. The zero-order chi connectivity index (χ0) is 15.0. The molecule has 0 spiro atoms. The second kappa shape index (κ2) is 5.33. The molecular formula is C15H16ClN5. The van der Waals surface area contributed by atoms with Crippen LogP contribution in [-0.4, -0.2) is 33.7 Å². The third kappa shape index (κ3) is 2.56. The summed E-state index contributed by atoms with van der Waals surface area (Å²) in [4.78, 5) is 10.7. The normalized spacial score (nSPS) is 11.0. The van der Waals surface area contributed by atoms with Gasteiger partial charge in [-0.2, -0.15) is 14.6 Å². The summed E-state index contributed by atoms with van der Waals surface area (Å²) >= 11 is 6.08. The molecular weight excluding hydrogens is 286 g/mol. The second-order valence-electron chi connectivity index (χ2n) is 5.17. The molecule has 6 heteroatoms. The summed E-state index contributed by atoms with van der Waals surface area (Å²) in [5.41, 5.74) is 3.23. The molecule has 0 aliphatic heterocycles. The minimum atomic E-state index is 0.617. The minimum Gasteiger partial charge on any atom is -0.362 e. The van der Waals surface area contributed by atoms with E-state index in [0.29, 0.717) is 5.78 Å². The Morgan fingerprint density at radius 2 is 2.10 bits per heavy atom. The first-order valence-electron chi connectivity index (χ1n) is 6.67. The van der Waals surface area contributed by atoms with Gasteiger partial charge >= 0.3 is 0 Å². The van der Waals surface area contributed by atoms with E-state index >= 15 is 0 Å². The molecule has 0 N–H and O–H groups in total. The first kappa shape index (κ1) is 13.8. The molecule has 3 rings (SSSR count). The van der Waals surface area contributed by atoms with Gasteiger partial charge in [0.1, 0.15) is 12.1 Å². The molecule has 2 aromatic heterocycles. The molecule has 5 nitrogen and oxygen atoms in total. The van der Waals surface area contributed by atoms with Crippen LogP contribution >= 0.6 is 11.6 Å². The maximum atomic E-state index is 6.08. The van der Waals surface area contributed by atoms with E-state index in [1.54, 1.807) is 4.52 Å². The van der Waals surface area contributed by atoms with E-state index in [-0.39, 0.29) is 0 Å². The van der Waals surface area contributed by atoms with Gasteiger partial charge in [0.2, 0.25) is 0 Å². The number of fused-ring (bicyclic) bond motifs is 1. The highest BCUT2D eigenvalue weighted by molar-refractivity contribution is 6.30. The number of aryl methyl sites for hydroxylation is 1. The molecule has 0 aliphatic carbocycles.